The molecule has 1 saturated carbocycles. The second-order valence-corrected chi connectivity index (χ2v) is 4.97. The fraction of sp³-hybridized carbons (Fsp3) is 0.500. The summed E-state index contributed by atoms with van der Waals surface area (Å²) in [6, 6.07) is 4.94. The van der Waals surface area contributed by atoms with Crippen molar-refractivity contribution in [1.82, 2.24) is 0 Å². The molecule has 0 spiro atoms. The third-order valence-corrected chi connectivity index (χ3v) is 3.56. The molecule has 2 nitrogen and oxygen atoms in total. The Bertz CT molecular complexity index is 459. The van der Waals surface area contributed by atoms with Crippen LogP contribution in [0.1, 0.15) is 25.7 Å². The molecule has 0 aliphatic heterocycles. The van der Waals surface area contributed by atoms with Crippen molar-refractivity contribution in [2.45, 2.75) is 31.9 Å². The average Bonchev–Trinajstić information content (AvgIpc) is 2.40. The normalized spacial score (nSPS) is 23.4. The van der Waals surface area contributed by atoms with Crippen LogP contribution in [0.5, 0.6) is 5.75 Å². The molecular formula is C14H14F4O2. The molecule has 0 atom stereocenters. The summed E-state index contributed by atoms with van der Waals surface area (Å²) in [7, 11) is 0. The molecule has 6 heteroatoms. The summed E-state index contributed by atoms with van der Waals surface area (Å²) in [5, 5.41) is 0. The quantitative estimate of drug-likeness (QED) is 0.465. The van der Waals surface area contributed by atoms with Crippen molar-refractivity contribution in [3.63, 3.8) is 0 Å². The van der Waals surface area contributed by atoms with Crippen LogP contribution in [0.25, 0.3) is 0 Å². The van der Waals surface area contributed by atoms with Gasteiger partial charge >= 0.3 is 12.1 Å². The average molecular weight is 290 g/mol. The lowest BCUT2D eigenvalue weighted by atomic mass is 9.82. The van der Waals surface area contributed by atoms with Crippen molar-refractivity contribution >= 4 is 5.97 Å². The molecule has 20 heavy (non-hydrogen) atoms. The summed E-state index contributed by atoms with van der Waals surface area (Å²) in [4.78, 5) is 11.8. The smallest absolute Gasteiger partial charge is 0.391 e. The number of carbonyl (C=O) groups excluding carboxylic acids is 1. The Morgan fingerprint density at radius 3 is 2.10 bits per heavy atom. The Labute approximate surface area is 113 Å². The standard InChI is InChI=1S/C14H14F4O2/c15-11-5-7-12(8-6-11)20-13(19)9-1-3-10(4-2-9)14(16,17)18/h5-10H,1-4H2. The number of ether oxygens (including phenoxy) is 1. The summed E-state index contributed by atoms with van der Waals surface area (Å²) in [6.45, 7) is 0. The van der Waals surface area contributed by atoms with E-state index in [1.807, 2.05) is 0 Å². The molecule has 1 aliphatic carbocycles. The SMILES string of the molecule is O=C(Oc1ccc(F)cc1)C1CCC(C(F)(F)F)CC1. The molecule has 1 aromatic rings. The third-order valence-electron chi connectivity index (χ3n) is 3.56. The highest BCUT2D eigenvalue weighted by atomic mass is 19.4. The highest BCUT2D eigenvalue weighted by Gasteiger charge is 2.42. The van der Waals surface area contributed by atoms with Gasteiger partial charge in [-0.25, -0.2) is 4.39 Å². The van der Waals surface area contributed by atoms with Crippen molar-refractivity contribution in [2.24, 2.45) is 11.8 Å². The number of halogens is 4. The minimum Gasteiger partial charge on any atom is -0.426 e. The van der Waals surface area contributed by atoms with E-state index in [0.717, 1.165) is 12.1 Å². The summed E-state index contributed by atoms with van der Waals surface area (Å²) < 4.78 is 55.2. The van der Waals surface area contributed by atoms with Crippen LogP contribution >= 0.6 is 0 Å². The number of carbonyl (C=O) groups is 1. The van der Waals surface area contributed by atoms with Crippen molar-refractivity contribution < 1.29 is 27.1 Å². The van der Waals surface area contributed by atoms with Gasteiger partial charge in [-0.05, 0) is 49.9 Å². The molecular weight excluding hydrogens is 276 g/mol. The molecule has 1 aromatic carbocycles. The number of rotatable bonds is 2. The summed E-state index contributed by atoms with van der Waals surface area (Å²) >= 11 is 0. The van der Waals surface area contributed by atoms with E-state index in [0.29, 0.717) is 0 Å². The minimum atomic E-state index is -4.19. The van der Waals surface area contributed by atoms with E-state index in [2.05, 4.69) is 0 Å². The molecule has 1 fully saturated rings. The lowest BCUT2D eigenvalue weighted by molar-refractivity contribution is -0.185. The summed E-state index contributed by atoms with van der Waals surface area (Å²) in [6.07, 6.45) is -3.94. The highest BCUT2D eigenvalue weighted by Crippen LogP contribution is 2.39. The molecule has 0 radical (unpaired) electrons. The zero-order valence-corrected chi connectivity index (χ0v) is 10.6. The number of hydrogen-bond acceptors (Lipinski definition) is 2. The van der Waals surface area contributed by atoms with Gasteiger partial charge in [0, 0.05) is 0 Å². The second kappa shape index (κ2) is 5.81. The van der Waals surface area contributed by atoms with Crippen LogP contribution in [0.3, 0.4) is 0 Å². The number of benzene rings is 1. The molecule has 0 unspecified atom stereocenters. The van der Waals surface area contributed by atoms with E-state index in [1.54, 1.807) is 0 Å². The van der Waals surface area contributed by atoms with Crippen LogP contribution in [0.4, 0.5) is 17.6 Å². The first-order valence-electron chi connectivity index (χ1n) is 6.40. The molecule has 2 rings (SSSR count). The van der Waals surface area contributed by atoms with E-state index in [-0.39, 0.29) is 31.4 Å². The fourth-order valence-electron chi connectivity index (χ4n) is 2.36. The third kappa shape index (κ3) is 3.71. The largest absolute Gasteiger partial charge is 0.426 e. The predicted octanol–water partition coefficient (Wildman–Crippen LogP) is 4.10. The van der Waals surface area contributed by atoms with Gasteiger partial charge in [0.05, 0.1) is 11.8 Å². The molecule has 0 bridgehead atoms. The zero-order chi connectivity index (χ0) is 14.8. The van der Waals surface area contributed by atoms with E-state index in [1.165, 1.54) is 12.1 Å². The first-order chi connectivity index (χ1) is 9.36. The Morgan fingerprint density at radius 2 is 1.60 bits per heavy atom. The monoisotopic (exact) mass is 290 g/mol. The van der Waals surface area contributed by atoms with Crippen molar-refractivity contribution in [1.29, 1.82) is 0 Å². The molecule has 1 aliphatic rings. The van der Waals surface area contributed by atoms with E-state index >= 15 is 0 Å². The van der Waals surface area contributed by atoms with Gasteiger partial charge in [0.15, 0.2) is 0 Å². The van der Waals surface area contributed by atoms with Gasteiger partial charge in [-0.1, -0.05) is 0 Å². The van der Waals surface area contributed by atoms with Crippen LogP contribution in [-0.2, 0) is 4.79 Å². The molecule has 110 valence electrons. The predicted molar refractivity (Wildman–Crippen MR) is 63.5 cm³/mol. The van der Waals surface area contributed by atoms with Crippen LogP contribution in [0.2, 0.25) is 0 Å². The maximum absolute atomic E-state index is 12.7. The maximum Gasteiger partial charge on any atom is 0.391 e. The number of hydrogen-bond donors (Lipinski definition) is 0. The Balaban J connectivity index is 1.87. The van der Waals surface area contributed by atoms with Crippen LogP contribution in [-0.4, -0.2) is 12.1 Å². The molecule has 0 saturated heterocycles. The van der Waals surface area contributed by atoms with Crippen molar-refractivity contribution in [2.75, 3.05) is 0 Å². The first-order valence-corrected chi connectivity index (χ1v) is 6.40. The lowest BCUT2D eigenvalue weighted by Crippen LogP contribution is -2.31. The summed E-state index contributed by atoms with van der Waals surface area (Å²) in [5.41, 5.74) is 0. The molecule has 0 amide bonds. The maximum atomic E-state index is 12.7. The van der Waals surface area contributed by atoms with E-state index < -0.39 is 29.8 Å². The van der Waals surface area contributed by atoms with Crippen LogP contribution in [0.15, 0.2) is 24.3 Å². The Kier molecular flexibility index (Phi) is 4.30. The first kappa shape index (κ1) is 14.8. The van der Waals surface area contributed by atoms with E-state index in [4.69, 9.17) is 4.74 Å². The van der Waals surface area contributed by atoms with Gasteiger partial charge in [0.2, 0.25) is 0 Å². The van der Waals surface area contributed by atoms with Crippen LogP contribution in [0, 0.1) is 17.7 Å². The number of esters is 1. The second-order valence-electron chi connectivity index (χ2n) is 4.97. The fourth-order valence-corrected chi connectivity index (χ4v) is 2.36. The molecule has 0 N–H and O–H groups in total. The van der Waals surface area contributed by atoms with Crippen molar-refractivity contribution in [3.05, 3.63) is 30.1 Å². The molecule has 0 heterocycles. The van der Waals surface area contributed by atoms with Gasteiger partial charge < -0.3 is 4.74 Å². The van der Waals surface area contributed by atoms with Gasteiger partial charge in [-0.2, -0.15) is 13.2 Å². The number of alkyl halides is 3. The molecule has 0 aromatic heterocycles. The zero-order valence-electron chi connectivity index (χ0n) is 10.6. The Morgan fingerprint density at radius 1 is 1.05 bits per heavy atom. The van der Waals surface area contributed by atoms with Gasteiger partial charge in [-0.3, -0.25) is 4.79 Å². The topological polar surface area (TPSA) is 26.3 Å². The highest BCUT2D eigenvalue weighted by molar-refractivity contribution is 5.75. The van der Waals surface area contributed by atoms with Crippen molar-refractivity contribution in [3.8, 4) is 5.75 Å². The van der Waals surface area contributed by atoms with Crippen LogP contribution < -0.4 is 4.74 Å². The van der Waals surface area contributed by atoms with Gasteiger partial charge in [0.1, 0.15) is 11.6 Å². The summed E-state index contributed by atoms with van der Waals surface area (Å²) in [5.74, 6) is -2.63. The minimum absolute atomic E-state index is 0.0489. The van der Waals surface area contributed by atoms with Gasteiger partial charge in [-0.15, -0.1) is 0 Å². The van der Waals surface area contributed by atoms with Gasteiger partial charge in [0.25, 0.3) is 0 Å². The van der Waals surface area contributed by atoms with E-state index in [9.17, 15) is 22.4 Å². The Hall–Kier alpha value is -1.59. The lowest BCUT2D eigenvalue weighted by Gasteiger charge is -2.28.